The van der Waals surface area contributed by atoms with E-state index >= 15 is 0 Å². The number of carbonyl (C=O) groups excluding carboxylic acids is 1. The smallest absolute Gasteiger partial charge is 0.311 e. The van der Waals surface area contributed by atoms with Crippen LogP contribution in [0.1, 0.15) is 11.1 Å². The Morgan fingerprint density at radius 2 is 1.70 bits per heavy atom. The summed E-state index contributed by atoms with van der Waals surface area (Å²) in [6.45, 7) is 0.228. The Morgan fingerprint density at radius 1 is 1.00 bits per heavy atom. The van der Waals surface area contributed by atoms with E-state index in [0.29, 0.717) is 6.41 Å². The lowest BCUT2D eigenvalue weighted by Crippen LogP contribution is -2.20. The van der Waals surface area contributed by atoms with Crippen LogP contribution in [-0.2, 0) is 17.5 Å². The molecule has 2 rings (SSSR count). The Bertz CT molecular complexity index is 581. The van der Waals surface area contributed by atoms with Crippen molar-refractivity contribution in [3.05, 3.63) is 65.7 Å². The van der Waals surface area contributed by atoms with Crippen molar-refractivity contribution >= 4 is 12.1 Å². The third-order valence-corrected chi connectivity index (χ3v) is 2.83. The monoisotopic (exact) mass is 279 g/mol. The Hall–Kier alpha value is -2.30. The number of halogens is 3. The molecular weight excluding hydrogens is 267 g/mol. The van der Waals surface area contributed by atoms with E-state index < -0.39 is 11.7 Å². The number of hydrogen-bond acceptors (Lipinski definition) is 1. The van der Waals surface area contributed by atoms with Crippen molar-refractivity contribution < 1.29 is 18.0 Å². The minimum absolute atomic E-state index is 0.221. The second-order valence-electron chi connectivity index (χ2n) is 4.27. The molecule has 0 aliphatic heterocycles. The molecule has 0 N–H and O–H groups in total. The summed E-state index contributed by atoms with van der Waals surface area (Å²) < 4.78 is 38.0. The van der Waals surface area contributed by atoms with Gasteiger partial charge >= 0.3 is 6.18 Å². The first kappa shape index (κ1) is 14.1. The number of amides is 1. The molecule has 0 bridgehead atoms. The molecule has 0 saturated heterocycles. The van der Waals surface area contributed by atoms with Gasteiger partial charge in [-0.25, -0.2) is 0 Å². The van der Waals surface area contributed by atoms with Crippen LogP contribution in [0.4, 0.5) is 18.9 Å². The summed E-state index contributed by atoms with van der Waals surface area (Å²) in [6, 6.07) is 13.8. The fourth-order valence-corrected chi connectivity index (χ4v) is 1.83. The van der Waals surface area contributed by atoms with Crippen molar-refractivity contribution in [2.45, 2.75) is 12.7 Å². The normalized spacial score (nSPS) is 11.2. The maximum Gasteiger partial charge on any atom is 0.416 e. The lowest BCUT2D eigenvalue weighted by molar-refractivity contribution is -0.137. The molecule has 0 unspecified atom stereocenters. The molecular formula is C15H12F3NO. The third-order valence-electron chi connectivity index (χ3n) is 2.83. The van der Waals surface area contributed by atoms with E-state index in [2.05, 4.69) is 0 Å². The van der Waals surface area contributed by atoms with E-state index in [1.54, 1.807) is 0 Å². The quantitative estimate of drug-likeness (QED) is 0.778. The number of nitrogens with zero attached hydrogens (tertiary/aromatic N) is 1. The lowest BCUT2D eigenvalue weighted by atomic mass is 10.1. The molecule has 0 heterocycles. The van der Waals surface area contributed by atoms with E-state index in [1.165, 1.54) is 17.0 Å². The lowest BCUT2D eigenvalue weighted by Gasteiger charge is -2.19. The molecule has 1 amide bonds. The second kappa shape index (κ2) is 5.77. The van der Waals surface area contributed by atoms with Crippen LogP contribution in [0.15, 0.2) is 54.6 Å². The molecule has 20 heavy (non-hydrogen) atoms. The minimum Gasteiger partial charge on any atom is -0.311 e. The summed E-state index contributed by atoms with van der Waals surface area (Å²) in [5.74, 6) is 0. The zero-order valence-corrected chi connectivity index (χ0v) is 10.5. The van der Waals surface area contributed by atoms with Crippen molar-refractivity contribution in [3.8, 4) is 0 Å². The van der Waals surface area contributed by atoms with Crippen molar-refractivity contribution in [2.75, 3.05) is 4.90 Å². The third kappa shape index (κ3) is 3.38. The predicted octanol–water partition coefficient (Wildman–Crippen LogP) is 3.87. The predicted molar refractivity (Wildman–Crippen MR) is 70.1 cm³/mol. The molecule has 0 fully saturated rings. The van der Waals surface area contributed by atoms with Crippen LogP contribution in [0, 0.1) is 0 Å². The first-order valence-corrected chi connectivity index (χ1v) is 5.94. The van der Waals surface area contributed by atoms with Crippen molar-refractivity contribution in [2.24, 2.45) is 0 Å². The van der Waals surface area contributed by atoms with Gasteiger partial charge in [-0.15, -0.1) is 0 Å². The standard InChI is InChI=1S/C15H12F3NO/c16-15(17,18)13-7-4-8-14(9-13)19(11-20)10-12-5-2-1-3-6-12/h1-9,11H,10H2. The average molecular weight is 279 g/mol. The highest BCUT2D eigenvalue weighted by Gasteiger charge is 2.30. The van der Waals surface area contributed by atoms with E-state index in [9.17, 15) is 18.0 Å². The van der Waals surface area contributed by atoms with Crippen LogP contribution in [-0.4, -0.2) is 6.41 Å². The van der Waals surface area contributed by atoms with Crippen LogP contribution in [0.3, 0.4) is 0 Å². The van der Waals surface area contributed by atoms with Crippen LogP contribution in [0.5, 0.6) is 0 Å². The van der Waals surface area contributed by atoms with Crippen LogP contribution in [0.25, 0.3) is 0 Å². The number of carbonyl (C=O) groups is 1. The SMILES string of the molecule is O=CN(Cc1ccccc1)c1cccc(C(F)(F)F)c1. The minimum atomic E-state index is -4.42. The molecule has 2 nitrogen and oxygen atoms in total. The summed E-state index contributed by atoms with van der Waals surface area (Å²) >= 11 is 0. The van der Waals surface area contributed by atoms with Gasteiger partial charge in [0.25, 0.3) is 0 Å². The highest BCUT2D eigenvalue weighted by molar-refractivity contribution is 5.75. The van der Waals surface area contributed by atoms with Crippen molar-refractivity contribution in [1.82, 2.24) is 0 Å². The fourth-order valence-electron chi connectivity index (χ4n) is 1.83. The zero-order valence-electron chi connectivity index (χ0n) is 10.5. The van der Waals surface area contributed by atoms with Crippen molar-refractivity contribution in [3.63, 3.8) is 0 Å². The number of hydrogen-bond donors (Lipinski definition) is 0. The molecule has 2 aromatic rings. The topological polar surface area (TPSA) is 20.3 Å². The van der Waals surface area contributed by atoms with Gasteiger partial charge in [0.05, 0.1) is 12.1 Å². The number of benzene rings is 2. The Morgan fingerprint density at radius 3 is 2.30 bits per heavy atom. The highest BCUT2D eigenvalue weighted by Crippen LogP contribution is 2.31. The number of anilines is 1. The van der Waals surface area contributed by atoms with Gasteiger partial charge in [-0.05, 0) is 23.8 Å². The van der Waals surface area contributed by atoms with Gasteiger partial charge in [0.2, 0.25) is 6.41 Å². The molecule has 0 radical (unpaired) electrons. The van der Waals surface area contributed by atoms with Gasteiger partial charge in [0, 0.05) is 5.69 Å². The molecule has 5 heteroatoms. The van der Waals surface area contributed by atoms with Crippen LogP contribution >= 0.6 is 0 Å². The fraction of sp³-hybridized carbons (Fsp3) is 0.133. The van der Waals surface area contributed by atoms with Gasteiger partial charge in [-0.2, -0.15) is 13.2 Å². The van der Waals surface area contributed by atoms with E-state index in [0.717, 1.165) is 17.7 Å². The maximum atomic E-state index is 12.7. The largest absolute Gasteiger partial charge is 0.416 e. The molecule has 0 saturated carbocycles. The van der Waals surface area contributed by atoms with E-state index in [1.807, 2.05) is 30.3 Å². The van der Waals surface area contributed by atoms with E-state index in [-0.39, 0.29) is 12.2 Å². The first-order chi connectivity index (χ1) is 9.50. The first-order valence-electron chi connectivity index (χ1n) is 5.94. The Labute approximate surface area is 114 Å². The Balaban J connectivity index is 2.26. The van der Waals surface area contributed by atoms with Gasteiger partial charge in [0.1, 0.15) is 0 Å². The van der Waals surface area contributed by atoms with Gasteiger partial charge in [-0.1, -0.05) is 36.4 Å². The number of rotatable bonds is 4. The van der Waals surface area contributed by atoms with Crippen LogP contribution in [0.2, 0.25) is 0 Å². The average Bonchev–Trinajstić information content (AvgIpc) is 2.45. The van der Waals surface area contributed by atoms with Crippen LogP contribution < -0.4 is 4.90 Å². The molecule has 2 aromatic carbocycles. The van der Waals surface area contributed by atoms with Gasteiger partial charge in [-0.3, -0.25) is 4.79 Å². The molecule has 0 aromatic heterocycles. The molecule has 0 aliphatic carbocycles. The summed E-state index contributed by atoms with van der Waals surface area (Å²) in [5.41, 5.74) is 0.297. The second-order valence-corrected chi connectivity index (χ2v) is 4.27. The maximum absolute atomic E-state index is 12.7. The zero-order chi connectivity index (χ0) is 14.6. The molecule has 0 spiro atoms. The van der Waals surface area contributed by atoms with Gasteiger partial charge < -0.3 is 4.90 Å². The Kier molecular flexibility index (Phi) is 4.08. The summed E-state index contributed by atoms with van der Waals surface area (Å²) in [6.07, 6.45) is -3.89. The molecule has 0 atom stereocenters. The summed E-state index contributed by atoms with van der Waals surface area (Å²) in [5, 5.41) is 0. The number of alkyl halides is 3. The van der Waals surface area contributed by atoms with E-state index in [4.69, 9.17) is 0 Å². The summed E-state index contributed by atoms with van der Waals surface area (Å²) in [4.78, 5) is 12.4. The molecule has 0 aliphatic rings. The molecule has 104 valence electrons. The van der Waals surface area contributed by atoms with Gasteiger partial charge in [0.15, 0.2) is 0 Å². The van der Waals surface area contributed by atoms with Crippen molar-refractivity contribution in [1.29, 1.82) is 0 Å². The summed E-state index contributed by atoms with van der Waals surface area (Å²) in [7, 11) is 0. The highest BCUT2D eigenvalue weighted by atomic mass is 19.4.